The Labute approximate surface area is 163 Å². The number of halogens is 1. The molecule has 3 aromatic rings. The van der Waals surface area contributed by atoms with Gasteiger partial charge in [0.2, 0.25) is 5.78 Å². The fourth-order valence-electron chi connectivity index (χ4n) is 3.12. The third-order valence-electron chi connectivity index (χ3n) is 4.69. The number of carbonyl (C=O) groups excluding carboxylic acids is 1. The van der Waals surface area contributed by atoms with E-state index in [9.17, 15) is 9.18 Å². The number of aryl methyl sites for hydroxylation is 2. The quantitative estimate of drug-likeness (QED) is 0.555. The van der Waals surface area contributed by atoms with Crippen LogP contribution in [0.5, 0.6) is 11.5 Å². The van der Waals surface area contributed by atoms with Crippen molar-refractivity contribution in [3.8, 4) is 11.5 Å². The van der Waals surface area contributed by atoms with Crippen LogP contribution >= 0.6 is 0 Å². The maximum Gasteiger partial charge on any atom is 0.231 e. The lowest BCUT2D eigenvalue weighted by Crippen LogP contribution is -1.99. The summed E-state index contributed by atoms with van der Waals surface area (Å²) in [5.41, 5.74) is 4.51. The number of carbonyl (C=O) groups is 1. The van der Waals surface area contributed by atoms with Crippen LogP contribution in [-0.4, -0.2) is 5.78 Å². The molecule has 0 atom stereocenters. The molecule has 0 saturated heterocycles. The number of benzene rings is 3. The lowest BCUT2D eigenvalue weighted by molar-refractivity contribution is 0.101. The smallest absolute Gasteiger partial charge is 0.231 e. The van der Waals surface area contributed by atoms with Gasteiger partial charge in [-0.2, -0.15) is 0 Å². The maximum atomic E-state index is 13.4. The van der Waals surface area contributed by atoms with Gasteiger partial charge in [-0.05, 0) is 60.9 Å². The molecule has 3 nitrogen and oxygen atoms in total. The molecule has 0 saturated carbocycles. The summed E-state index contributed by atoms with van der Waals surface area (Å²) in [7, 11) is 0. The van der Waals surface area contributed by atoms with Crippen LogP contribution in [0.3, 0.4) is 0 Å². The Bertz CT molecular complexity index is 1100. The van der Waals surface area contributed by atoms with Crippen molar-refractivity contribution in [2.45, 2.75) is 20.5 Å². The van der Waals surface area contributed by atoms with Gasteiger partial charge in [-0.15, -0.1) is 0 Å². The van der Waals surface area contributed by atoms with Crippen LogP contribution in [0, 0.1) is 19.7 Å². The van der Waals surface area contributed by atoms with Crippen molar-refractivity contribution < 1.29 is 18.7 Å². The zero-order valence-corrected chi connectivity index (χ0v) is 15.7. The largest absolute Gasteiger partial charge is 0.489 e. The Balaban J connectivity index is 1.53. The zero-order chi connectivity index (χ0) is 19.7. The van der Waals surface area contributed by atoms with Gasteiger partial charge in [0.15, 0.2) is 5.76 Å². The van der Waals surface area contributed by atoms with Crippen LogP contribution < -0.4 is 9.47 Å². The molecule has 0 aliphatic carbocycles. The first-order chi connectivity index (χ1) is 13.5. The van der Waals surface area contributed by atoms with Gasteiger partial charge < -0.3 is 9.47 Å². The van der Waals surface area contributed by atoms with Crippen molar-refractivity contribution in [3.63, 3.8) is 0 Å². The van der Waals surface area contributed by atoms with Crippen molar-refractivity contribution in [1.82, 2.24) is 0 Å². The highest BCUT2D eigenvalue weighted by Crippen LogP contribution is 2.35. The Morgan fingerprint density at radius 2 is 1.89 bits per heavy atom. The molecule has 0 bridgehead atoms. The molecule has 0 unspecified atom stereocenters. The van der Waals surface area contributed by atoms with Crippen LogP contribution in [0.4, 0.5) is 4.39 Å². The monoisotopic (exact) mass is 374 g/mol. The second kappa shape index (κ2) is 7.31. The second-order valence-corrected chi connectivity index (χ2v) is 6.87. The number of hydrogen-bond donors (Lipinski definition) is 0. The lowest BCUT2D eigenvalue weighted by Gasteiger charge is -2.10. The second-order valence-electron chi connectivity index (χ2n) is 6.87. The van der Waals surface area contributed by atoms with E-state index in [1.165, 1.54) is 23.3 Å². The maximum absolute atomic E-state index is 13.4. The van der Waals surface area contributed by atoms with Gasteiger partial charge in [0.05, 0.1) is 5.56 Å². The van der Waals surface area contributed by atoms with E-state index in [2.05, 4.69) is 18.2 Å². The van der Waals surface area contributed by atoms with E-state index in [4.69, 9.17) is 9.47 Å². The topological polar surface area (TPSA) is 35.5 Å². The normalized spacial score (nSPS) is 14.1. The van der Waals surface area contributed by atoms with Crippen molar-refractivity contribution in [2.24, 2.45) is 0 Å². The molecule has 1 aliphatic rings. The predicted molar refractivity (Wildman–Crippen MR) is 106 cm³/mol. The lowest BCUT2D eigenvalue weighted by atomic mass is 10.1. The minimum absolute atomic E-state index is 0.173. The number of Topliss-reactive ketones (excluding diaryl/α,β-unsaturated/α-hetero) is 1. The van der Waals surface area contributed by atoms with Crippen molar-refractivity contribution in [2.75, 3.05) is 0 Å². The summed E-state index contributed by atoms with van der Waals surface area (Å²) in [4.78, 5) is 12.5. The van der Waals surface area contributed by atoms with E-state index in [1.54, 1.807) is 36.4 Å². The van der Waals surface area contributed by atoms with E-state index in [0.717, 1.165) is 5.56 Å². The first-order valence-corrected chi connectivity index (χ1v) is 9.02. The molecule has 0 N–H and O–H groups in total. The van der Waals surface area contributed by atoms with Gasteiger partial charge in [0, 0.05) is 6.07 Å². The summed E-state index contributed by atoms with van der Waals surface area (Å²) in [6, 6.07) is 17.4. The number of hydrogen-bond acceptors (Lipinski definition) is 3. The van der Waals surface area contributed by atoms with Crippen LogP contribution in [0.2, 0.25) is 0 Å². The molecule has 4 heteroatoms. The number of ketones is 1. The molecule has 0 spiro atoms. The predicted octanol–water partition coefficient (Wildman–Crippen LogP) is 5.64. The van der Waals surface area contributed by atoms with Crippen LogP contribution in [0.1, 0.15) is 32.6 Å². The van der Waals surface area contributed by atoms with Crippen molar-refractivity contribution in [3.05, 3.63) is 100 Å². The number of allylic oxidation sites excluding steroid dienone is 1. The van der Waals surface area contributed by atoms with Crippen LogP contribution in [-0.2, 0) is 6.61 Å². The van der Waals surface area contributed by atoms with Gasteiger partial charge in [-0.1, -0.05) is 35.9 Å². The fourth-order valence-corrected chi connectivity index (χ4v) is 3.12. The van der Waals surface area contributed by atoms with E-state index in [0.29, 0.717) is 29.2 Å². The van der Waals surface area contributed by atoms with Gasteiger partial charge >= 0.3 is 0 Å². The molecule has 3 aromatic carbocycles. The minimum atomic E-state index is -0.362. The van der Waals surface area contributed by atoms with Gasteiger partial charge in [-0.25, -0.2) is 4.39 Å². The van der Waals surface area contributed by atoms with Crippen LogP contribution in [0.25, 0.3) is 6.08 Å². The Kier molecular flexibility index (Phi) is 4.70. The van der Waals surface area contributed by atoms with E-state index in [-0.39, 0.29) is 17.4 Å². The Morgan fingerprint density at radius 3 is 2.71 bits per heavy atom. The summed E-state index contributed by atoms with van der Waals surface area (Å²) >= 11 is 0. The third-order valence-corrected chi connectivity index (χ3v) is 4.69. The number of fused-ring (bicyclic) bond motifs is 1. The van der Waals surface area contributed by atoms with E-state index >= 15 is 0 Å². The standard InChI is InChI=1S/C24H19FO3/c1-15-6-7-16(2)18(10-15)14-27-20-8-9-21-22(13-20)28-23(24(21)26)12-17-4-3-5-19(25)11-17/h3-13H,14H2,1-2H3/b23-12-. The van der Waals surface area contributed by atoms with Gasteiger partial charge in [0.1, 0.15) is 23.9 Å². The molecule has 0 amide bonds. The van der Waals surface area contributed by atoms with Crippen LogP contribution in [0.15, 0.2) is 66.4 Å². The number of rotatable bonds is 4. The molecule has 0 fully saturated rings. The minimum Gasteiger partial charge on any atom is -0.489 e. The molecule has 1 heterocycles. The summed E-state index contributed by atoms with van der Waals surface area (Å²) in [6.07, 6.45) is 1.54. The first-order valence-electron chi connectivity index (χ1n) is 9.02. The third kappa shape index (κ3) is 3.67. The molecule has 140 valence electrons. The molecular weight excluding hydrogens is 355 g/mol. The highest BCUT2D eigenvalue weighted by molar-refractivity contribution is 6.14. The zero-order valence-electron chi connectivity index (χ0n) is 15.7. The average molecular weight is 374 g/mol. The molecular formula is C24H19FO3. The summed E-state index contributed by atoms with van der Waals surface area (Å²) in [6.45, 7) is 4.53. The van der Waals surface area contributed by atoms with E-state index in [1.807, 2.05) is 13.8 Å². The molecule has 0 aromatic heterocycles. The van der Waals surface area contributed by atoms with Gasteiger partial charge in [0.25, 0.3) is 0 Å². The molecule has 4 rings (SSSR count). The summed E-state index contributed by atoms with van der Waals surface area (Å²) in [5.74, 6) is 0.664. The molecule has 28 heavy (non-hydrogen) atoms. The van der Waals surface area contributed by atoms with Crippen molar-refractivity contribution >= 4 is 11.9 Å². The fraction of sp³-hybridized carbons (Fsp3) is 0.125. The Hall–Kier alpha value is -3.40. The summed E-state index contributed by atoms with van der Waals surface area (Å²) in [5, 5.41) is 0. The highest BCUT2D eigenvalue weighted by atomic mass is 19.1. The van der Waals surface area contributed by atoms with Crippen molar-refractivity contribution in [1.29, 1.82) is 0 Å². The Morgan fingerprint density at radius 1 is 1.04 bits per heavy atom. The summed E-state index contributed by atoms with van der Waals surface area (Å²) < 4.78 is 25.0. The molecule has 0 radical (unpaired) electrons. The van der Waals surface area contributed by atoms with Gasteiger partial charge in [-0.3, -0.25) is 4.79 Å². The SMILES string of the molecule is Cc1ccc(C)c(COc2ccc3c(c2)O/C(=C\c2cccc(F)c2)C3=O)c1. The molecule has 1 aliphatic heterocycles. The highest BCUT2D eigenvalue weighted by Gasteiger charge is 2.27. The van der Waals surface area contributed by atoms with E-state index < -0.39 is 0 Å². The average Bonchev–Trinajstić information content (AvgIpc) is 2.97. The first kappa shape index (κ1) is 18.0. The number of ether oxygens (including phenoxy) is 2.